The number of carbonyl (C=O) groups is 2. The molecule has 0 aliphatic rings. The lowest BCUT2D eigenvalue weighted by atomic mass is 10.0. The van der Waals surface area contributed by atoms with Crippen LogP contribution in [0.3, 0.4) is 0 Å². The van der Waals surface area contributed by atoms with Gasteiger partial charge in [0.2, 0.25) is 0 Å². The lowest BCUT2D eigenvalue weighted by Crippen LogP contribution is -2.29. The summed E-state index contributed by atoms with van der Waals surface area (Å²) < 4.78 is 33.0. The number of hydrogen-bond donors (Lipinski definition) is 2. The summed E-state index contributed by atoms with van der Waals surface area (Å²) in [5.41, 5.74) is 5.41. The van der Waals surface area contributed by atoms with E-state index >= 15 is 0 Å². The summed E-state index contributed by atoms with van der Waals surface area (Å²) in [6.45, 7) is 4.14. The van der Waals surface area contributed by atoms with Crippen LogP contribution in [0.5, 0.6) is 0 Å². The fourth-order valence-electron chi connectivity index (χ4n) is 5.67. The normalized spacial score (nSPS) is 13.3. The summed E-state index contributed by atoms with van der Waals surface area (Å²) in [5, 5.41) is 0. The molecule has 0 aromatic carbocycles. The molecule has 0 aliphatic heterocycles. The maximum atomic E-state index is 12.5. The zero-order chi connectivity index (χ0) is 35.4. The summed E-state index contributed by atoms with van der Waals surface area (Å²) in [6.07, 6.45) is 31.7. The van der Waals surface area contributed by atoms with E-state index in [1.54, 1.807) is 0 Å². The molecular formula is C38H76NO8P. The number of ether oxygens (including phenoxy) is 2. The van der Waals surface area contributed by atoms with E-state index in [1.807, 2.05) is 0 Å². The summed E-state index contributed by atoms with van der Waals surface area (Å²) in [6, 6.07) is 0. The van der Waals surface area contributed by atoms with E-state index in [4.69, 9.17) is 24.3 Å². The molecule has 2 unspecified atom stereocenters. The molecular weight excluding hydrogens is 629 g/mol. The molecule has 0 spiro atoms. The second kappa shape index (κ2) is 35.8. The Morgan fingerprint density at radius 2 is 0.917 bits per heavy atom. The number of esters is 2. The Morgan fingerprint density at radius 1 is 0.542 bits per heavy atom. The Hall–Kier alpha value is -0.990. The van der Waals surface area contributed by atoms with Gasteiger partial charge in [0.05, 0.1) is 13.2 Å². The number of unbranched alkanes of at least 4 members (excludes halogenated alkanes) is 24. The predicted octanol–water partition coefficient (Wildman–Crippen LogP) is 10.9. The van der Waals surface area contributed by atoms with Crippen LogP contribution in [0.2, 0.25) is 0 Å². The fraction of sp³-hybridized carbons (Fsp3) is 0.947. The zero-order valence-corrected chi connectivity index (χ0v) is 32.1. The molecule has 0 aromatic heterocycles. The largest absolute Gasteiger partial charge is 0.472 e. The predicted molar refractivity (Wildman–Crippen MR) is 197 cm³/mol. The molecule has 0 aliphatic carbocycles. The van der Waals surface area contributed by atoms with Gasteiger partial charge in [-0.25, -0.2) is 4.57 Å². The average molecular weight is 706 g/mol. The Bertz CT molecular complexity index is 769. The van der Waals surface area contributed by atoms with E-state index in [0.29, 0.717) is 25.8 Å². The summed E-state index contributed by atoms with van der Waals surface area (Å²) >= 11 is 0. The molecule has 9 nitrogen and oxygen atoms in total. The van der Waals surface area contributed by atoms with E-state index in [1.165, 1.54) is 128 Å². The van der Waals surface area contributed by atoms with Crippen LogP contribution in [0.4, 0.5) is 0 Å². The fourth-order valence-corrected chi connectivity index (χ4v) is 6.46. The average Bonchev–Trinajstić information content (AvgIpc) is 3.06. The van der Waals surface area contributed by atoms with Crippen LogP contribution in [-0.2, 0) is 32.7 Å². The Balaban J connectivity index is 4.24. The van der Waals surface area contributed by atoms with E-state index in [2.05, 4.69) is 13.8 Å². The third-order valence-electron chi connectivity index (χ3n) is 8.72. The quantitative estimate of drug-likeness (QED) is 0.0365. The first-order valence-corrected chi connectivity index (χ1v) is 21.5. The van der Waals surface area contributed by atoms with Crippen molar-refractivity contribution in [3.05, 3.63) is 0 Å². The molecule has 0 bridgehead atoms. The molecule has 286 valence electrons. The van der Waals surface area contributed by atoms with Crippen molar-refractivity contribution in [2.45, 2.75) is 206 Å². The summed E-state index contributed by atoms with van der Waals surface area (Å²) in [4.78, 5) is 34.9. The summed E-state index contributed by atoms with van der Waals surface area (Å²) in [5.74, 6) is -0.807. The molecule has 2 atom stereocenters. The number of hydrogen-bond acceptors (Lipinski definition) is 8. The molecule has 0 radical (unpaired) electrons. The van der Waals surface area contributed by atoms with Crippen LogP contribution < -0.4 is 5.73 Å². The first kappa shape index (κ1) is 47.0. The topological polar surface area (TPSA) is 134 Å². The van der Waals surface area contributed by atoms with Crippen molar-refractivity contribution in [2.75, 3.05) is 26.4 Å². The van der Waals surface area contributed by atoms with E-state index in [-0.39, 0.29) is 25.6 Å². The highest BCUT2D eigenvalue weighted by atomic mass is 31.2. The SMILES string of the molecule is CCCCCCCCCCCCCCCC(=O)OCC(COP(=O)(O)OCCCN)OC(=O)CCCCCCCCCCCCCCC. The molecule has 0 rings (SSSR count). The van der Waals surface area contributed by atoms with E-state index < -0.39 is 26.5 Å². The molecule has 48 heavy (non-hydrogen) atoms. The van der Waals surface area contributed by atoms with Gasteiger partial charge in [-0.15, -0.1) is 0 Å². The van der Waals surface area contributed by atoms with Crippen molar-refractivity contribution in [3.63, 3.8) is 0 Å². The van der Waals surface area contributed by atoms with Gasteiger partial charge in [-0.3, -0.25) is 18.6 Å². The maximum absolute atomic E-state index is 12.5. The van der Waals surface area contributed by atoms with Crippen LogP contribution in [0.15, 0.2) is 0 Å². The van der Waals surface area contributed by atoms with Gasteiger partial charge in [-0.2, -0.15) is 0 Å². The molecule has 0 heterocycles. The molecule has 0 saturated heterocycles. The lowest BCUT2D eigenvalue weighted by Gasteiger charge is -2.20. The second-order valence-electron chi connectivity index (χ2n) is 13.5. The van der Waals surface area contributed by atoms with Gasteiger partial charge in [0.15, 0.2) is 6.10 Å². The zero-order valence-electron chi connectivity index (χ0n) is 31.2. The van der Waals surface area contributed by atoms with Gasteiger partial charge in [-0.05, 0) is 25.8 Å². The lowest BCUT2D eigenvalue weighted by molar-refractivity contribution is -0.161. The van der Waals surface area contributed by atoms with Gasteiger partial charge < -0.3 is 20.1 Å². The van der Waals surface area contributed by atoms with Gasteiger partial charge in [0, 0.05) is 12.8 Å². The monoisotopic (exact) mass is 706 g/mol. The van der Waals surface area contributed by atoms with Gasteiger partial charge >= 0.3 is 19.8 Å². The smallest absolute Gasteiger partial charge is 0.462 e. The Morgan fingerprint density at radius 3 is 1.31 bits per heavy atom. The maximum Gasteiger partial charge on any atom is 0.472 e. The number of phosphoric ester groups is 1. The minimum absolute atomic E-state index is 0.0259. The van der Waals surface area contributed by atoms with Crippen LogP contribution in [0.25, 0.3) is 0 Å². The van der Waals surface area contributed by atoms with Gasteiger partial charge in [0.25, 0.3) is 0 Å². The van der Waals surface area contributed by atoms with Gasteiger partial charge in [-0.1, -0.05) is 168 Å². The molecule has 0 fully saturated rings. The van der Waals surface area contributed by atoms with Crippen molar-refractivity contribution in [2.24, 2.45) is 5.73 Å². The minimum Gasteiger partial charge on any atom is -0.462 e. The van der Waals surface area contributed by atoms with Gasteiger partial charge in [0.1, 0.15) is 6.61 Å². The third kappa shape index (κ3) is 34.9. The Labute approximate surface area is 295 Å². The highest BCUT2D eigenvalue weighted by molar-refractivity contribution is 7.47. The van der Waals surface area contributed by atoms with Crippen molar-refractivity contribution in [1.29, 1.82) is 0 Å². The highest BCUT2D eigenvalue weighted by Crippen LogP contribution is 2.43. The summed E-state index contributed by atoms with van der Waals surface area (Å²) in [7, 11) is -4.35. The first-order chi connectivity index (χ1) is 23.3. The van der Waals surface area contributed by atoms with Crippen molar-refractivity contribution in [3.8, 4) is 0 Å². The molecule has 0 aromatic rings. The second-order valence-corrected chi connectivity index (χ2v) is 15.0. The number of carbonyl (C=O) groups excluding carboxylic acids is 2. The van der Waals surface area contributed by atoms with Crippen molar-refractivity contribution in [1.82, 2.24) is 0 Å². The van der Waals surface area contributed by atoms with Crippen LogP contribution in [0.1, 0.15) is 200 Å². The number of rotatable bonds is 38. The van der Waals surface area contributed by atoms with E-state index in [9.17, 15) is 19.0 Å². The third-order valence-corrected chi connectivity index (χ3v) is 9.71. The molecule has 0 saturated carbocycles. The molecule has 3 N–H and O–H groups in total. The highest BCUT2D eigenvalue weighted by Gasteiger charge is 2.26. The van der Waals surface area contributed by atoms with Crippen LogP contribution in [0, 0.1) is 0 Å². The van der Waals surface area contributed by atoms with Crippen molar-refractivity contribution < 1.29 is 37.6 Å². The van der Waals surface area contributed by atoms with Crippen LogP contribution in [-0.4, -0.2) is 49.3 Å². The number of nitrogens with two attached hydrogens (primary N) is 1. The Kier molecular flexibility index (Phi) is 35.1. The van der Waals surface area contributed by atoms with E-state index in [0.717, 1.165) is 32.1 Å². The molecule has 10 heteroatoms. The standard InChI is InChI=1S/C38H76NO8P/c1-3-5-7-9-11-13-15-17-19-21-23-25-27-30-37(40)44-34-36(35-46-48(42,43)45-33-29-32-39)47-38(41)31-28-26-24-22-20-18-16-14-12-10-8-6-4-2/h36H,3-35,39H2,1-2H3,(H,42,43). The molecule has 0 amide bonds. The minimum atomic E-state index is -4.35. The first-order valence-electron chi connectivity index (χ1n) is 20.0. The number of phosphoric acid groups is 1. The van der Waals surface area contributed by atoms with Crippen LogP contribution >= 0.6 is 7.82 Å². The van der Waals surface area contributed by atoms with Crippen molar-refractivity contribution >= 4 is 19.8 Å².